The molecule has 0 spiro atoms. The SMILES string of the molecule is C[Si](C)(C)c1ccc([C]=O)cc1[Si](C)(C)C. The standard InChI is InChI=1S/C13H21OSi2/c1-15(2,3)12-8-7-11(10-14)9-13(12)16(4,5)6/h7-9H,1-6H3. The van der Waals surface area contributed by atoms with Crippen LogP contribution in [-0.4, -0.2) is 22.4 Å². The molecular formula is C13H21OSi2. The van der Waals surface area contributed by atoms with Gasteiger partial charge in [0, 0.05) is 5.56 Å². The van der Waals surface area contributed by atoms with Gasteiger partial charge < -0.3 is 0 Å². The van der Waals surface area contributed by atoms with Crippen LogP contribution in [0, 0.1) is 0 Å². The molecule has 87 valence electrons. The third-order valence-electron chi connectivity index (χ3n) is 2.75. The van der Waals surface area contributed by atoms with E-state index in [1.54, 1.807) is 0 Å². The van der Waals surface area contributed by atoms with Crippen molar-refractivity contribution in [3.05, 3.63) is 23.8 Å². The summed E-state index contributed by atoms with van der Waals surface area (Å²) in [7, 11) is -2.70. The molecular weight excluding hydrogens is 228 g/mol. The molecule has 0 bridgehead atoms. The van der Waals surface area contributed by atoms with Crippen LogP contribution in [0.1, 0.15) is 5.56 Å². The molecule has 1 rings (SSSR count). The van der Waals surface area contributed by atoms with E-state index in [2.05, 4.69) is 51.4 Å². The van der Waals surface area contributed by atoms with Crippen molar-refractivity contribution in [2.24, 2.45) is 0 Å². The van der Waals surface area contributed by atoms with Crippen LogP contribution in [0.4, 0.5) is 0 Å². The largest absolute Gasteiger partial charge is 0.285 e. The van der Waals surface area contributed by atoms with Gasteiger partial charge in [-0.15, -0.1) is 0 Å². The summed E-state index contributed by atoms with van der Waals surface area (Å²) < 4.78 is 0. The number of hydrogen-bond donors (Lipinski definition) is 0. The molecule has 0 aliphatic heterocycles. The van der Waals surface area contributed by atoms with E-state index in [1.165, 1.54) is 10.4 Å². The molecule has 16 heavy (non-hydrogen) atoms. The minimum Gasteiger partial charge on any atom is -0.285 e. The lowest BCUT2D eigenvalue weighted by Gasteiger charge is -2.28. The van der Waals surface area contributed by atoms with Crippen molar-refractivity contribution in [3.8, 4) is 0 Å². The molecule has 0 aliphatic carbocycles. The second kappa shape index (κ2) is 4.30. The smallest absolute Gasteiger partial charge is 0.233 e. The lowest BCUT2D eigenvalue weighted by molar-refractivity contribution is 0.563. The highest BCUT2D eigenvalue weighted by atomic mass is 28.3. The summed E-state index contributed by atoms with van der Waals surface area (Å²) in [4.78, 5) is 10.7. The van der Waals surface area contributed by atoms with E-state index in [9.17, 15) is 4.79 Å². The van der Waals surface area contributed by atoms with Gasteiger partial charge in [0.15, 0.2) is 0 Å². The lowest BCUT2D eigenvalue weighted by atomic mass is 10.2. The molecule has 1 radical (unpaired) electrons. The van der Waals surface area contributed by atoms with Crippen molar-refractivity contribution >= 4 is 32.8 Å². The third-order valence-corrected chi connectivity index (χ3v) is 7.09. The molecule has 0 heterocycles. The zero-order valence-electron chi connectivity index (χ0n) is 11.1. The summed E-state index contributed by atoms with van der Waals surface area (Å²) in [6.45, 7) is 14.1. The van der Waals surface area contributed by atoms with Crippen molar-refractivity contribution in [2.45, 2.75) is 39.3 Å². The van der Waals surface area contributed by atoms with E-state index in [1.807, 2.05) is 12.4 Å². The summed E-state index contributed by atoms with van der Waals surface area (Å²) in [5, 5.41) is 2.94. The molecule has 0 N–H and O–H groups in total. The van der Waals surface area contributed by atoms with Gasteiger partial charge in [0.1, 0.15) is 0 Å². The van der Waals surface area contributed by atoms with Crippen molar-refractivity contribution in [1.29, 1.82) is 0 Å². The van der Waals surface area contributed by atoms with Crippen LogP contribution in [0.25, 0.3) is 0 Å². The summed E-state index contributed by atoms with van der Waals surface area (Å²) in [5.41, 5.74) is 0.694. The molecule has 3 heteroatoms. The van der Waals surface area contributed by atoms with Crippen molar-refractivity contribution in [1.82, 2.24) is 0 Å². The zero-order valence-corrected chi connectivity index (χ0v) is 13.1. The highest BCUT2D eigenvalue weighted by Crippen LogP contribution is 2.08. The maximum absolute atomic E-state index is 10.7. The number of rotatable bonds is 3. The van der Waals surface area contributed by atoms with Gasteiger partial charge in [-0.1, -0.05) is 67.9 Å². The topological polar surface area (TPSA) is 17.1 Å². The molecule has 0 amide bonds. The highest BCUT2D eigenvalue weighted by molar-refractivity contribution is 6.98. The minimum atomic E-state index is -1.38. The monoisotopic (exact) mass is 249 g/mol. The Morgan fingerprint density at radius 2 is 1.38 bits per heavy atom. The molecule has 0 atom stereocenters. The van der Waals surface area contributed by atoms with Gasteiger partial charge in [0.2, 0.25) is 6.29 Å². The van der Waals surface area contributed by atoms with E-state index < -0.39 is 16.1 Å². The normalized spacial score (nSPS) is 12.6. The Morgan fingerprint density at radius 1 is 0.875 bits per heavy atom. The van der Waals surface area contributed by atoms with Crippen LogP contribution < -0.4 is 10.4 Å². The van der Waals surface area contributed by atoms with Crippen LogP contribution in [0.2, 0.25) is 39.3 Å². The second-order valence-corrected chi connectivity index (χ2v) is 16.4. The van der Waals surface area contributed by atoms with Crippen LogP contribution in [0.5, 0.6) is 0 Å². The van der Waals surface area contributed by atoms with Crippen LogP contribution in [0.15, 0.2) is 18.2 Å². The fourth-order valence-corrected chi connectivity index (χ4v) is 7.08. The minimum absolute atomic E-state index is 0.694. The van der Waals surface area contributed by atoms with E-state index in [0.717, 1.165) is 0 Å². The Bertz CT molecular complexity index is 397. The maximum atomic E-state index is 10.7. The Kier molecular flexibility index (Phi) is 3.60. The Morgan fingerprint density at radius 3 is 1.75 bits per heavy atom. The van der Waals surface area contributed by atoms with Gasteiger partial charge in [-0.2, -0.15) is 0 Å². The predicted molar refractivity (Wildman–Crippen MR) is 77.2 cm³/mol. The lowest BCUT2D eigenvalue weighted by Crippen LogP contribution is -2.56. The van der Waals surface area contributed by atoms with Crippen LogP contribution in [0.3, 0.4) is 0 Å². The average molecular weight is 249 g/mol. The first-order valence-corrected chi connectivity index (χ1v) is 12.7. The molecule has 1 aromatic carbocycles. The number of benzene rings is 1. The molecule has 0 saturated carbocycles. The van der Waals surface area contributed by atoms with Crippen LogP contribution >= 0.6 is 0 Å². The van der Waals surface area contributed by atoms with Gasteiger partial charge in [0.25, 0.3) is 0 Å². The zero-order chi connectivity index (χ0) is 12.6. The first-order valence-electron chi connectivity index (χ1n) is 5.69. The fraction of sp³-hybridized carbons (Fsp3) is 0.462. The number of carbonyl (C=O) groups excluding carboxylic acids is 1. The van der Waals surface area contributed by atoms with Crippen molar-refractivity contribution in [3.63, 3.8) is 0 Å². The second-order valence-electron chi connectivity index (χ2n) is 6.36. The van der Waals surface area contributed by atoms with E-state index in [4.69, 9.17) is 0 Å². The predicted octanol–water partition coefficient (Wildman–Crippen LogP) is 2.23. The average Bonchev–Trinajstić information content (AvgIpc) is 2.14. The summed E-state index contributed by atoms with van der Waals surface area (Å²) >= 11 is 0. The first-order chi connectivity index (χ1) is 7.16. The fourth-order valence-electron chi connectivity index (χ4n) is 1.88. The van der Waals surface area contributed by atoms with Crippen LogP contribution in [-0.2, 0) is 4.79 Å². The first kappa shape index (κ1) is 13.4. The van der Waals surface area contributed by atoms with Gasteiger partial charge in [-0.25, -0.2) is 0 Å². The molecule has 0 unspecified atom stereocenters. The summed E-state index contributed by atoms with van der Waals surface area (Å²) in [5.74, 6) is 0. The molecule has 1 aromatic rings. The quantitative estimate of drug-likeness (QED) is 0.751. The maximum Gasteiger partial charge on any atom is 0.233 e. The van der Waals surface area contributed by atoms with Gasteiger partial charge in [-0.3, -0.25) is 4.79 Å². The van der Waals surface area contributed by atoms with Crippen molar-refractivity contribution < 1.29 is 4.79 Å². The Hall–Kier alpha value is -0.676. The summed E-state index contributed by atoms with van der Waals surface area (Å²) in [6.07, 6.45) is 2.01. The molecule has 0 saturated heterocycles. The van der Waals surface area contributed by atoms with E-state index >= 15 is 0 Å². The molecule has 0 fully saturated rings. The summed E-state index contributed by atoms with van der Waals surface area (Å²) in [6, 6.07) is 6.12. The third kappa shape index (κ3) is 2.92. The van der Waals surface area contributed by atoms with Gasteiger partial charge >= 0.3 is 0 Å². The molecule has 0 aliphatic rings. The Balaban J connectivity index is 3.45. The van der Waals surface area contributed by atoms with Crippen molar-refractivity contribution in [2.75, 3.05) is 0 Å². The molecule has 1 nitrogen and oxygen atoms in total. The molecule has 0 aromatic heterocycles. The van der Waals surface area contributed by atoms with E-state index in [-0.39, 0.29) is 0 Å². The Labute approximate surface area is 101 Å². The van der Waals surface area contributed by atoms with E-state index in [0.29, 0.717) is 5.56 Å². The van der Waals surface area contributed by atoms with Gasteiger partial charge in [0.05, 0.1) is 16.1 Å². The van der Waals surface area contributed by atoms with Gasteiger partial charge in [-0.05, 0) is 0 Å². The number of hydrogen-bond acceptors (Lipinski definition) is 1. The highest BCUT2D eigenvalue weighted by Gasteiger charge is 2.27.